The number of amides is 1. The smallest absolute Gasteiger partial charge is 0.253 e. The van der Waals surface area contributed by atoms with E-state index in [1.54, 1.807) is 0 Å². The van der Waals surface area contributed by atoms with Gasteiger partial charge in [0.2, 0.25) is 0 Å². The fourth-order valence-electron chi connectivity index (χ4n) is 3.60. The van der Waals surface area contributed by atoms with E-state index in [9.17, 15) is 4.79 Å². The van der Waals surface area contributed by atoms with Crippen LogP contribution in [0.3, 0.4) is 0 Å². The summed E-state index contributed by atoms with van der Waals surface area (Å²) >= 11 is 0. The normalized spacial score (nSPS) is 11.1. The molecule has 6 nitrogen and oxygen atoms in total. The highest BCUT2D eigenvalue weighted by molar-refractivity contribution is 5.95. The molecule has 0 unspecified atom stereocenters. The molecule has 0 atom stereocenters. The lowest BCUT2D eigenvalue weighted by Crippen LogP contribution is -2.26. The second kappa shape index (κ2) is 7.31. The first-order valence-electron chi connectivity index (χ1n) is 9.37. The number of rotatable bonds is 5. The molecule has 1 N–H and O–H groups in total. The van der Waals surface area contributed by atoms with E-state index in [1.807, 2.05) is 54.8 Å². The Morgan fingerprint density at radius 2 is 1.89 bits per heavy atom. The van der Waals surface area contributed by atoms with Gasteiger partial charge < -0.3 is 9.88 Å². The second-order valence-electron chi connectivity index (χ2n) is 7.01. The molecule has 6 heteroatoms. The number of nitrogens with one attached hydrogen (secondary N) is 1. The monoisotopic (exact) mass is 373 g/mol. The van der Waals surface area contributed by atoms with Crippen molar-refractivity contribution in [2.75, 3.05) is 6.54 Å². The number of carbonyl (C=O) groups is 1. The molecule has 3 heterocycles. The zero-order valence-electron chi connectivity index (χ0n) is 16.3. The molecule has 28 heavy (non-hydrogen) atoms. The van der Waals surface area contributed by atoms with Crippen LogP contribution >= 0.6 is 0 Å². The van der Waals surface area contributed by atoms with Gasteiger partial charge in [-0.3, -0.25) is 9.20 Å². The minimum Gasteiger partial charge on any atom is -0.352 e. The van der Waals surface area contributed by atoms with Crippen LogP contribution in [0, 0.1) is 20.8 Å². The Kier molecular flexibility index (Phi) is 4.69. The van der Waals surface area contributed by atoms with E-state index in [1.165, 1.54) is 5.56 Å². The molecule has 1 amide bonds. The third-order valence-electron chi connectivity index (χ3n) is 4.95. The summed E-state index contributed by atoms with van der Waals surface area (Å²) in [5, 5.41) is 11.4. The van der Waals surface area contributed by atoms with E-state index in [0.29, 0.717) is 18.5 Å². The van der Waals surface area contributed by atoms with Crippen molar-refractivity contribution >= 4 is 11.6 Å². The highest BCUT2D eigenvalue weighted by Crippen LogP contribution is 2.21. The lowest BCUT2D eigenvalue weighted by atomic mass is 10.2. The highest BCUT2D eigenvalue weighted by Gasteiger charge is 2.16. The van der Waals surface area contributed by atoms with Crippen LogP contribution in [-0.2, 0) is 6.42 Å². The molecule has 0 aliphatic carbocycles. The van der Waals surface area contributed by atoms with Crippen LogP contribution < -0.4 is 5.32 Å². The van der Waals surface area contributed by atoms with Crippen LogP contribution in [0.15, 0.2) is 54.7 Å². The van der Waals surface area contributed by atoms with Crippen molar-refractivity contribution in [3.05, 3.63) is 83.1 Å². The van der Waals surface area contributed by atoms with Gasteiger partial charge >= 0.3 is 0 Å². The van der Waals surface area contributed by atoms with Crippen LogP contribution in [0.2, 0.25) is 0 Å². The van der Waals surface area contributed by atoms with Gasteiger partial charge in [0.15, 0.2) is 5.65 Å². The molecule has 0 saturated heterocycles. The number of aromatic nitrogens is 4. The minimum absolute atomic E-state index is 0.0687. The Balaban J connectivity index is 1.49. The summed E-state index contributed by atoms with van der Waals surface area (Å²) in [6, 6.07) is 16.0. The van der Waals surface area contributed by atoms with Gasteiger partial charge in [0.25, 0.3) is 5.91 Å². The van der Waals surface area contributed by atoms with Crippen molar-refractivity contribution < 1.29 is 4.79 Å². The van der Waals surface area contributed by atoms with Crippen LogP contribution in [0.5, 0.6) is 0 Å². The Hall–Kier alpha value is -3.41. The summed E-state index contributed by atoms with van der Waals surface area (Å²) in [5.41, 5.74) is 5.75. The van der Waals surface area contributed by atoms with Gasteiger partial charge in [-0.25, -0.2) is 0 Å². The van der Waals surface area contributed by atoms with Gasteiger partial charge in [0.1, 0.15) is 5.82 Å². The average Bonchev–Trinajstić information content (AvgIpc) is 3.22. The van der Waals surface area contributed by atoms with Crippen molar-refractivity contribution in [3.8, 4) is 5.69 Å². The Morgan fingerprint density at radius 3 is 2.71 bits per heavy atom. The second-order valence-corrected chi connectivity index (χ2v) is 7.01. The molecule has 4 aromatic rings. The summed E-state index contributed by atoms with van der Waals surface area (Å²) in [5.74, 6) is 0.766. The standard InChI is InChI=1S/C22H23N5O/c1-15-7-6-8-18(13-15)27-16(2)14-19(17(27)3)22(28)23-11-10-21-25-24-20-9-4-5-12-26(20)21/h4-9,12-14H,10-11H2,1-3H3,(H,23,28). The summed E-state index contributed by atoms with van der Waals surface area (Å²) < 4.78 is 4.06. The molecular weight excluding hydrogens is 350 g/mol. The molecule has 0 radical (unpaired) electrons. The number of fused-ring (bicyclic) bond motifs is 1. The Morgan fingerprint density at radius 1 is 1.04 bits per heavy atom. The fourth-order valence-corrected chi connectivity index (χ4v) is 3.60. The molecule has 0 aliphatic rings. The summed E-state index contributed by atoms with van der Waals surface area (Å²) in [6.45, 7) is 6.58. The molecule has 0 aliphatic heterocycles. The first-order chi connectivity index (χ1) is 13.5. The first kappa shape index (κ1) is 18.0. The predicted octanol–water partition coefficient (Wildman–Crippen LogP) is 3.42. The number of hydrogen-bond acceptors (Lipinski definition) is 3. The van der Waals surface area contributed by atoms with Gasteiger partial charge in [0.05, 0.1) is 5.56 Å². The number of pyridine rings is 1. The summed E-state index contributed by atoms with van der Waals surface area (Å²) in [7, 11) is 0. The predicted molar refractivity (Wildman–Crippen MR) is 109 cm³/mol. The molecule has 0 fully saturated rings. The molecule has 1 aromatic carbocycles. The van der Waals surface area contributed by atoms with Crippen molar-refractivity contribution in [3.63, 3.8) is 0 Å². The molecule has 0 spiro atoms. The van der Waals surface area contributed by atoms with Crippen LogP contribution in [0.4, 0.5) is 0 Å². The molecule has 142 valence electrons. The largest absolute Gasteiger partial charge is 0.352 e. The van der Waals surface area contributed by atoms with E-state index in [-0.39, 0.29) is 5.91 Å². The van der Waals surface area contributed by atoms with E-state index in [0.717, 1.165) is 28.5 Å². The van der Waals surface area contributed by atoms with Crippen molar-refractivity contribution in [1.29, 1.82) is 0 Å². The molecule has 4 rings (SSSR count). The molecule has 0 saturated carbocycles. The summed E-state index contributed by atoms with van der Waals surface area (Å²) in [6.07, 6.45) is 2.55. The lowest BCUT2D eigenvalue weighted by Gasteiger charge is -2.11. The third kappa shape index (κ3) is 3.29. The van der Waals surface area contributed by atoms with Crippen molar-refractivity contribution in [2.24, 2.45) is 0 Å². The maximum absolute atomic E-state index is 12.8. The lowest BCUT2D eigenvalue weighted by molar-refractivity contribution is 0.0953. The number of benzene rings is 1. The quantitative estimate of drug-likeness (QED) is 0.583. The van der Waals surface area contributed by atoms with E-state index in [4.69, 9.17) is 0 Å². The zero-order valence-corrected chi connectivity index (χ0v) is 16.3. The Bertz CT molecular complexity index is 1150. The van der Waals surface area contributed by atoms with Gasteiger partial charge in [-0.05, 0) is 56.7 Å². The SMILES string of the molecule is Cc1cccc(-n2c(C)cc(C(=O)NCCc3nnc4ccccn34)c2C)c1. The average molecular weight is 373 g/mol. The fraction of sp³-hybridized carbons (Fsp3) is 0.227. The first-order valence-corrected chi connectivity index (χ1v) is 9.37. The van der Waals surface area contributed by atoms with E-state index in [2.05, 4.69) is 45.2 Å². The minimum atomic E-state index is -0.0687. The van der Waals surface area contributed by atoms with Crippen molar-refractivity contribution in [1.82, 2.24) is 24.5 Å². The number of aryl methyl sites for hydroxylation is 2. The van der Waals surface area contributed by atoms with Crippen LogP contribution in [0.25, 0.3) is 11.3 Å². The van der Waals surface area contributed by atoms with Crippen molar-refractivity contribution in [2.45, 2.75) is 27.2 Å². The summed E-state index contributed by atoms with van der Waals surface area (Å²) in [4.78, 5) is 12.8. The molecular formula is C22H23N5O. The number of nitrogens with zero attached hydrogens (tertiary/aromatic N) is 4. The Labute approximate surface area is 163 Å². The highest BCUT2D eigenvalue weighted by atomic mass is 16.1. The third-order valence-corrected chi connectivity index (χ3v) is 4.95. The number of carbonyl (C=O) groups excluding carboxylic acids is 1. The number of hydrogen-bond donors (Lipinski definition) is 1. The van der Waals surface area contributed by atoms with Gasteiger partial charge in [0, 0.05) is 36.2 Å². The van der Waals surface area contributed by atoms with Gasteiger partial charge in [-0.15, -0.1) is 10.2 Å². The van der Waals surface area contributed by atoms with E-state index < -0.39 is 0 Å². The maximum Gasteiger partial charge on any atom is 0.253 e. The van der Waals surface area contributed by atoms with Crippen LogP contribution in [-0.4, -0.2) is 31.6 Å². The topological polar surface area (TPSA) is 64.2 Å². The van der Waals surface area contributed by atoms with Gasteiger partial charge in [-0.1, -0.05) is 18.2 Å². The zero-order chi connectivity index (χ0) is 19.7. The van der Waals surface area contributed by atoms with Crippen LogP contribution in [0.1, 0.15) is 33.1 Å². The maximum atomic E-state index is 12.8. The molecule has 0 bridgehead atoms. The molecule has 3 aromatic heterocycles. The van der Waals surface area contributed by atoms with E-state index >= 15 is 0 Å². The van der Waals surface area contributed by atoms with Gasteiger partial charge in [-0.2, -0.15) is 0 Å².